The molecular weight excluding hydrogens is 330 g/mol. The molecule has 0 spiro atoms. The second-order valence-corrected chi connectivity index (χ2v) is 7.34. The fourth-order valence-electron chi connectivity index (χ4n) is 2.15. The molecule has 0 amide bonds. The summed E-state index contributed by atoms with van der Waals surface area (Å²) in [5.41, 5.74) is 1.55. The number of hydrogen-bond acceptors (Lipinski definition) is 5. The minimum atomic E-state index is -3.52. The van der Waals surface area contributed by atoms with Gasteiger partial charge in [-0.2, -0.15) is 0 Å². The van der Waals surface area contributed by atoms with Crippen molar-refractivity contribution in [3.8, 4) is 5.75 Å². The third-order valence-electron chi connectivity index (χ3n) is 3.33. The topological polar surface area (TPSA) is 95.9 Å². The van der Waals surface area contributed by atoms with Crippen molar-refractivity contribution >= 4 is 15.7 Å². The van der Waals surface area contributed by atoms with E-state index in [9.17, 15) is 18.6 Å². The molecule has 0 bridgehead atoms. The van der Waals surface area contributed by atoms with Crippen molar-refractivity contribution in [2.45, 2.75) is 25.7 Å². The molecule has 2 rings (SSSR count). The van der Waals surface area contributed by atoms with Crippen molar-refractivity contribution in [2.75, 3.05) is 11.0 Å². The number of ether oxygens (including phenoxy) is 1. The monoisotopic (exact) mass is 351 g/mol. The molecular formula is C17H21NO5S. The molecule has 0 aliphatic carbocycles. The zero-order valence-corrected chi connectivity index (χ0v) is 14.3. The Balaban J connectivity index is 2.28. The predicted molar refractivity (Wildman–Crippen MR) is 92.3 cm³/mol. The van der Waals surface area contributed by atoms with Crippen LogP contribution in [0.3, 0.4) is 0 Å². The summed E-state index contributed by atoms with van der Waals surface area (Å²) in [5, 5.41) is 19.5. The van der Waals surface area contributed by atoms with Gasteiger partial charge in [0.05, 0.1) is 18.0 Å². The number of aliphatic hydroxyl groups excluding tert-OH is 2. The molecule has 0 aromatic heterocycles. The smallest absolute Gasteiger partial charge is 0.229 e. The van der Waals surface area contributed by atoms with E-state index in [1.165, 1.54) is 13.0 Å². The largest absolute Gasteiger partial charge is 0.487 e. The molecule has 0 saturated heterocycles. The summed E-state index contributed by atoms with van der Waals surface area (Å²) in [4.78, 5) is 0. The van der Waals surface area contributed by atoms with Crippen LogP contribution in [-0.4, -0.2) is 31.0 Å². The first-order chi connectivity index (χ1) is 11.3. The third kappa shape index (κ3) is 5.23. The van der Waals surface area contributed by atoms with E-state index in [1.807, 2.05) is 30.3 Å². The zero-order chi connectivity index (χ0) is 17.7. The molecule has 6 nitrogen and oxygen atoms in total. The van der Waals surface area contributed by atoms with Crippen LogP contribution in [0.15, 0.2) is 48.5 Å². The first-order valence-electron chi connectivity index (χ1n) is 7.41. The Morgan fingerprint density at radius 2 is 1.79 bits per heavy atom. The lowest BCUT2D eigenvalue weighted by Crippen LogP contribution is -2.15. The van der Waals surface area contributed by atoms with Crippen LogP contribution in [0, 0.1) is 0 Å². The molecule has 2 aromatic rings. The number of nitrogens with one attached hydrogen (secondary N) is 1. The van der Waals surface area contributed by atoms with Crippen LogP contribution >= 0.6 is 0 Å². The highest BCUT2D eigenvalue weighted by Gasteiger charge is 2.17. The molecule has 0 aliphatic rings. The molecule has 7 heteroatoms. The lowest BCUT2D eigenvalue weighted by atomic mass is 10.0. The minimum absolute atomic E-state index is 0.214. The Morgan fingerprint density at radius 3 is 2.38 bits per heavy atom. The SMILES string of the molecule is CC(O)C(O)c1ccc(OCc2ccccc2)c(NS(C)(=O)=O)c1. The molecule has 0 aliphatic heterocycles. The van der Waals surface area contributed by atoms with Gasteiger partial charge in [-0.3, -0.25) is 4.72 Å². The number of hydrogen-bond donors (Lipinski definition) is 3. The van der Waals surface area contributed by atoms with E-state index in [0.29, 0.717) is 11.3 Å². The quantitative estimate of drug-likeness (QED) is 0.709. The predicted octanol–water partition coefficient (Wildman–Crippen LogP) is 2.05. The van der Waals surface area contributed by atoms with Crippen LogP contribution < -0.4 is 9.46 Å². The van der Waals surface area contributed by atoms with E-state index in [4.69, 9.17) is 4.74 Å². The van der Waals surface area contributed by atoms with Gasteiger partial charge in [0.15, 0.2) is 0 Å². The fourth-order valence-corrected chi connectivity index (χ4v) is 2.71. The van der Waals surface area contributed by atoms with Gasteiger partial charge in [0.25, 0.3) is 0 Å². The number of aliphatic hydroxyl groups is 2. The van der Waals surface area contributed by atoms with Crippen LogP contribution in [0.5, 0.6) is 5.75 Å². The highest BCUT2D eigenvalue weighted by Crippen LogP contribution is 2.30. The van der Waals surface area contributed by atoms with E-state index in [1.54, 1.807) is 12.1 Å². The standard InChI is InChI=1S/C17H21NO5S/c1-12(19)17(20)14-8-9-16(15(10-14)18-24(2,21)22)23-11-13-6-4-3-5-7-13/h3-10,12,17-20H,11H2,1-2H3. The van der Waals surface area contributed by atoms with E-state index in [0.717, 1.165) is 11.8 Å². The van der Waals surface area contributed by atoms with Crippen LogP contribution in [0.4, 0.5) is 5.69 Å². The second-order valence-electron chi connectivity index (χ2n) is 5.59. The van der Waals surface area contributed by atoms with Gasteiger partial charge >= 0.3 is 0 Å². The maximum Gasteiger partial charge on any atom is 0.229 e. The Morgan fingerprint density at radius 1 is 1.12 bits per heavy atom. The van der Waals surface area contributed by atoms with Gasteiger partial charge in [-0.05, 0) is 30.2 Å². The Labute approximate surface area is 141 Å². The molecule has 2 atom stereocenters. The maximum absolute atomic E-state index is 11.6. The molecule has 24 heavy (non-hydrogen) atoms. The van der Waals surface area contributed by atoms with Gasteiger partial charge in [0.2, 0.25) is 10.0 Å². The van der Waals surface area contributed by atoms with Crippen molar-refractivity contribution in [3.63, 3.8) is 0 Å². The first-order valence-corrected chi connectivity index (χ1v) is 9.30. The van der Waals surface area contributed by atoms with Crippen LogP contribution in [-0.2, 0) is 16.6 Å². The number of rotatable bonds is 7. The molecule has 0 radical (unpaired) electrons. The molecule has 0 heterocycles. The molecule has 0 saturated carbocycles. The molecule has 0 fully saturated rings. The summed E-state index contributed by atoms with van der Waals surface area (Å²) < 4.78 is 31.2. The summed E-state index contributed by atoms with van der Waals surface area (Å²) in [6.07, 6.45) is -1.06. The van der Waals surface area contributed by atoms with E-state index >= 15 is 0 Å². The van der Waals surface area contributed by atoms with Crippen LogP contribution in [0.2, 0.25) is 0 Å². The fraction of sp³-hybridized carbons (Fsp3) is 0.294. The average molecular weight is 351 g/mol. The number of sulfonamides is 1. The summed E-state index contributed by atoms with van der Waals surface area (Å²) >= 11 is 0. The van der Waals surface area contributed by atoms with Crippen molar-refractivity contribution in [2.24, 2.45) is 0 Å². The first kappa shape index (κ1) is 18.3. The highest BCUT2D eigenvalue weighted by molar-refractivity contribution is 7.92. The molecule has 2 aromatic carbocycles. The summed E-state index contributed by atoms with van der Waals surface area (Å²) in [5.74, 6) is 0.339. The normalized spacial score (nSPS) is 14.0. The maximum atomic E-state index is 11.6. The zero-order valence-electron chi connectivity index (χ0n) is 13.5. The van der Waals surface area contributed by atoms with Gasteiger partial charge in [-0.1, -0.05) is 36.4 Å². The van der Waals surface area contributed by atoms with Crippen molar-refractivity contribution in [1.29, 1.82) is 0 Å². The summed E-state index contributed by atoms with van der Waals surface area (Å²) in [6.45, 7) is 1.73. The minimum Gasteiger partial charge on any atom is -0.487 e. The van der Waals surface area contributed by atoms with Crippen LogP contribution in [0.1, 0.15) is 24.2 Å². The van der Waals surface area contributed by atoms with Gasteiger partial charge < -0.3 is 14.9 Å². The summed E-state index contributed by atoms with van der Waals surface area (Å²) in [6, 6.07) is 14.1. The summed E-state index contributed by atoms with van der Waals surface area (Å²) in [7, 11) is -3.52. The third-order valence-corrected chi connectivity index (χ3v) is 3.93. The van der Waals surface area contributed by atoms with Gasteiger partial charge in [0.1, 0.15) is 18.5 Å². The molecule has 130 valence electrons. The molecule has 3 N–H and O–H groups in total. The van der Waals surface area contributed by atoms with Crippen molar-refractivity contribution in [1.82, 2.24) is 0 Å². The second kappa shape index (κ2) is 7.65. The highest BCUT2D eigenvalue weighted by atomic mass is 32.2. The number of benzene rings is 2. The Hall–Kier alpha value is -2.09. The van der Waals surface area contributed by atoms with E-state index in [-0.39, 0.29) is 12.3 Å². The van der Waals surface area contributed by atoms with Gasteiger partial charge in [-0.15, -0.1) is 0 Å². The van der Waals surface area contributed by atoms with E-state index in [2.05, 4.69) is 4.72 Å². The lowest BCUT2D eigenvalue weighted by Gasteiger charge is -2.18. The Bertz CT molecular complexity index is 775. The lowest BCUT2D eigenvalue weighted by molar-refractivity contribution is 0.0305. The average Bonchev–Trinajstić information content (AvgIpc) is 2.52. The Kier molecular flexibility index (Phi) is 5.82. The van der Waals surface area contributed by atoms with Crippen molar-refractivity contribution in [3.05, 3.63) is 59.7 Å². The van der Waals surface area contributed by atoms with Crippen molar-refractivity contribution < 1.29 is 23.4 Å². The van der Waals surface area contributed by atoms with Gasteiger partial charge in [0, 0.05) is 0 Å². The molecule has 2 unspecified atom stereocenters. The van der Waals surface area contributed by atoms with E-state index < -0.39 is 22.2 Å². The van der Waals surface area contributed by atoms with Gasteiger partial charge in [-0.25, -0.2) is 8.42 Å². The number of anilines is 1. The van der Waals surface area contributed by atoms with Crippen LogP contribution in [0.25, 0.3) is 0 Å².